The highest BCUT2D eigenvalue weighted by molar-refractivity contribution is 5.03. The molecular weight excluding hydrogens is 332 g/mol. The number of nitrogens with zero attached hydrogens (tertiary/aromatic N) is 4. The molecule has 0 amide bonds. The standard InChI is InChI=1S/C23H44N4/c1-19(2)25-11-8-22(15-25)13-24(14-22)10-6-7-21(5)26-12-9-23(16-26)17-27(18-23)20(3)4/h19-21H,6-18H2,1-5H3. The van der Waals surface area contributed by atoms with Gasteiger partial charge < -0.3 is 9.80 Å². The maximum atomic E-state index is 2.80. The smallest absolute Gasteiger partial charge is 0.00972 e. The normalized spacial score (nSPS) is 29.9. The van der Waals surface area contributed by atoms with Gasteiger partial charge in [-0.3, -0.25) is 9.80 Å². The van der Waals surface area contributed by atoms with Crippen LogP contribution in [0, 0.1) is 10.8 Å². The third-order valence-electron chi connectivity index (χ3n) is 8.31. The quantitative estimate of drug-likeness (QED) is 0.677. The van der Waals surface area contributed by atoms with Gasteiger partial charge in [0, 0.05) is 68.2 Å². The average molecular weight is 377 g/mol. The van der Waals surface area contributed by atoms with Crippen molar-refractivity contribution in [1.82, 2.24) is 19.6 Å². The summed E-state index contributed by atoms with van der Waals surface area (Å²) >= 11 is 0. The maximum absolute atomic E-state index is 2.80. The van der Waals surface area contributed by atoms with Crippen LogP contribution in [-0.2, 0) is 0 Å². The van der Waals surface area contributed by atoms with E-state index in [0.717, 1.165) is 18.1 Å². The van der Waals surface area contributed by atoms with Crippen molar-refractivity contribution in [3.63, 3.8) is 0 Å². The average Bonchev–Trinajstić information content (AvgIpc) is 3.17. The van der Waals surface area contributed by atoms with Gasteiger partial charge in [-0.2, -0.15) is 0 Å². The Bertz CT molecular complexity index is 505. The van der Waals surface area contributed by atoms with E-state index in [1.54, 1.807) is 0 Å². The summed E-state index contributed by atoms with van der Waals surface area (Å²) < 4.78 is 0. The number of hydrogen-bond acceptors (Lipinski definition) is 4. The molecule has 0 saturated carbocycles. The third-order valence-corrected chi connectivity index (χ3v) is 8.31. The van der Waals surface area contributed by atoms with Crippen molar-refractivity contribution in [2.45, 2.75) is 78.4 Å². The number of rotatable bonds is 7. The second kappa shape index (κ2) is 7.59. The Morgan fingerprint density at radius 1 is 0.667 bits per heavy atom. The van der Waals surface area contributed by atoms with Gasteiger partial charge in [0.15, 0.2) is 0 Å². The number of hydrogen-bond donors (Lipinski definition) is 0. The molecule has 1 unspecified atom stereocenters. The summed E-state index contributed by atoms with van der Waals surface area (Å²) in [5, 5.41) is 0. The lowest BCUT2D eigenvalue weighted by atomic mass is 9.78. The predicted octanol–water partition coefficient (Wildman–Crippen LogP) is 2.99. The topological polar surface area (TPSA) is 13.0 Å². The highest BCUT2D eigenvalue weighted by Gasteiger charge is 2.49. The van der Waals surface area contributed by atoms with Crippen LogP contribution < -0.4 is 0 Å². The van der Waals surface area contributed by atoms with E-state index < -0.39 is 0 Å². The van der Waals surface area contributed by atoms with Crippen molar-refractivity contribution in [2.24, 2.45) is 10.8 Å². The molecule has 4 saturated heterocycles. The molecular formula is C23H44N4. The monoisotopic (exact) mass is 376 g/mol. The lowest BCUT2D eigenvalue weighted by Crippen LogP contribution is -2.59. The van der Waals surface area contributed by atoms with E-state index in [0.29, 0.717) is 10.8 Å². The minimum absolute atomic E-state index is 0.646. The van der Waals surface area contributed by atoms with E-state index in [4.69, 9.17) is 0 Å². The van der Waals surface area contributed by atoms with Crippen molar-refractivity contribution in [3.05, 3.63) is 0 Å². The van der Waals surface area contributed by atoms with Crippen molar-refractivity contribution in [2.75, 3.05) is 58.9 Å². The molecule has 4 rings (SSSR count). The largest absolute Gasteiger partial charge is 0.302 e. The van der Waals surface area contributed by atoms with Gasteiger partial charge in [0.2, 0.25) is 0 Å². The van der Waals surface area contributed by atoms with E-state index in [2.05, 4.69) is 54.2 Å². The first-order valence-electron chi connectivity index (χ1n) is 11.7. The summed E-state index contributed by atoms with van der Waals surface area (Å²) in [6, 6.07) is 2.23. The van der Waals surface area contributed by atoms with Crippen molar-refractivity contribution >= 4 is 0 Å². The Hall–Kier alpha value is -0.160. The zero-order valence-corrected chi connectivity index (χ0v) is 18.7. The Morgan fingerprint density at radius 2 is 1.19 bits per heavy atom. The Kier molecular flexibility index (Phi) is 5.66. The molecule has 156 valence electrons. The van der Waals surface area contributed by atoms with Crippen molar-refractivity contribution in [3.8, 4) is 0 Å². The van der Waals surface area contributed by atoms with Crippen LogP contribution in [0.1, 0.15) is 60.3 Å². The molecule has 4 fully saturated rings. The van der Waals surface area contributed by atoms with Gasteiger partial charge in [-0.15, -0.1) is 0 Å². The van der Waals surface area contributed by atoms with E-state index in [-0.39, 0.29) is 0 Å². The summed E-state index contributed by atoms with van der Waals surface area (Å²) in [5.41, 5.74) is 1.30. The third kappa shape index (κ3) is 4.10. The molecule has 0 radical (unpaired) electrons. The maximum Gasteiger partial charge on any atom is 0.00972 e. The summed E-state index contributed by atoms with van der Waals surface area (Å²) in [4.78, 5) is 10.9. The second-order valence-corrected chi connectivity index (χ2v) is 11.2. The van der Waals surface area contributed by atoms with Crippen LogP contribution in [0.2, 0.25) is 0 Å². The van der Waals surface area contributed by atoms with Gasteiger partial charge in [-0.1, -0.05) is 0 Å². The summed E-state index contributed by atoms with van der Waals surface area (Å²) in [5.74, 6) is 0. The van der Waals surface area contributed by atoms with Crippen LogP contribution in [0.5, 0.6) is 0 Å². The van der Waals surface area contributed by atoms with E-state index in [9.17, 15) is 0 Å². The molecule has 0 aromatic rings. The summed E-state index contributed by atoms with van der Waals surface area (Å²) in [6.07, 6.45) is 5.63. The van der Waals surface area contributed by atoms with Crippen LogP contribution in [-0.4, -0.2) is 96.6 Å². The Morgan fingerprint density at radius 3 is 1.78 bits per heavy atom. The fourth-order valence-electron chi connectivity index (χ4n) is 6.31. The highest BCUT2D eigenvalue weighted by atomic mass is 15.3. The number of likely N-dealkylation sites (tertiary alicyclic amines) is 4. The molecule has 2 spiro atoms. The lowest BCUT2D eigenvalue weighted by Gasteiger charge is -2.50. The minimum Gasteiger partial charge on any atom is -0.302 e. The fraction of sp³-hybridized carbons (Fsp3) is 1.00. The molecule has 0 N–H and O–H groups in total. The van der Waals surface area contributed by atoms with Crippen molar-refractivity contribution in [1.29, 1.82) is 0 Å². The zero-order valence-electron chi connectivity index (χ0n) is 18.7. The molecule has 1 atom stereocenters. The van der Waals surface area contributed by atoms with E-state index in [1.807, 2.05) is 0 Å². The molecule has 27 heavy (non-hydrogen) atoms. The first-order chi connectivity index (χ1) is 12.8. The van der Waals surface area contributed by atoms with E-state index in [1.165, 1.54) is 84.6 Å². The minimum atomic E-state index is 0.646. The van der Waals surface area contributed by atoms with Gasteiger partial charge in [-0.05, 0) is 79.9 Å². The van der Waals surface area contributed by atoms with E-state index >= 15 is 0 Å². The van der Waals surface area contributed by atoms with Crippen LogP contribution in [0.15, 0.2) is 0 Å². The molecule has 0 bridgehead atoms. The van der Waals surface area contributed by atoms with Crippen LogP contribution in [0.3, 0.4) is 0 Å². The Balaban J connectivity index is 1.11. The first kappa shape index (κ1) is 20.1. The molecule has 4 nitrogen and oxygen atoms in total. The summed E-state index contributed by atoms with van der Waals surface area (Å²) in [7, 11) is 0. The van der Waals surface area contributed by atoms with Crippen LogP contribution in [0.4, 0.5) is 0 Å². The van der Waals surface area contributed by atoms with Crippen LogP contribution >= 0.6 is 0 Å². The SMILES string of the molecule is CC(C)N1CCC2(CN(CCCC(C)N3CCC4(CN(C(C)C)C4)C3)C2)C1. The fourth-order valence-corrected chi connectivity index (χ4v) is 6.31. The van der Waals surface area contributed by atoms with Crippen molar-refractivity contribution < 1.29 is 0 Å². The molecule has 0 aromatic carbocycles. The summed E-state index contributed by atoms with van der Waals surface area (Å²) in [6.45, 7) is 24.0. The van der Waals surface area contributed by atoms with Gasteiger partial charge in [0.1, 0.15) is 0 Å². The molecule has 0 aromatic heterocycles. The van der Waals surface area contributed by atoms with Gasteiger partial charge in [0.05, 0.1) is 0 Å². The lowest BCUT2D eigenvalue weighted by molar-refractivity contribution is -0.0172. The highest BCUT2D eigenvalue weighted by Crippen LogP contribution is 2.42. The van der Waals surface area contributed by atoms with Gasteiger partial charge in [-0.25, -0.2) is 0 Å². The molecule has 4 heterocycles. The van der Waals surface area contributed by atoms with Gasteiger partial charge in [0.25, 0.3) is 0 Å². The Labute approximate surface area is 168 Å². The molecule has 4 heteroatoms. The molecule has 4 aliphatic heterocycles. The van der Waals surface area contributed by atoms with Crippen LogP contribution in [0.25, 0.3) is 0 Å². The zero-order chi connectivity index (χ0) is 19.2. The predicted molar refractivity (Wildman–Crippen MR) is 114 cm³/mol. The molecule has 4 aliphatic rings. The molecule has 0 aliphatic carbocycles. The van der Waals surface area contributed by atoms with Gasteiger partial charge >= 0.3 is 0 Å². The first-order valence-corrected chi connectivity index (χ1v) is 11.7. The second-order valence-electron chi connectivity index (χ2n) is 11.2.